The van der Waals surface area contributed by atoms with Crippen LogP contribution in [0.15, 0.2) is 4.52 Å². The van der Waals surface area contributed by atoms with Crippen molar-refractivity contribution in [1.29, 1.82) is 0 Å². The van der Waals surface area contributed by atoms with Crippen molar-refractivity contribution in [2.45, 2.75) is 64.8 Å². The Balaban J connectivity index is 2.31. The van der Waals surface area contributed by atoms with E-state index in [9.17, 15) is 0 Å². The molecular formula is C12H23N3O. The summed E-state index contributed by atoms with van der Waals surface area (Å²) < 4.78 is 5.11. The summed E-state index contributed by atoms with van der Waals surface area (Å²) in [5.41, 5.74) is 6.00. The Morgan fingerprint density at radius 2 is 2.00 bits per heavy atom. The maximum atomic E-state index is 6.00. The van der Waals surface area contributed by atoms with Gasteiger partial charge in [-0.25, -0.2) is 0 Å². The number of nitrogens with zero attached hydrogens (tertiary/aromatic N) is 2. The summed E-state index contributed by atoms with van der Waals surface area (Å²) in [5.74, 6) is 1.38. The molecule has 0 aliphatic heterocycles. The van der Waals surface area contributed by atoms with E-state index in [1.807, 2.05) is 0 Å². The Morgan fingerprint density at radius 3 is 2.69 bits per heavy atom. The summed E-state index contributed by atoms with van der Waals surface area (Å²) in [6.07, 6.45) is 7.72. The van der Waals surface area contributed by atoms with E-state index in [0.717, 1.165) is 25.7 Å². The van der Waals surface area contributed by atoms with Gasteiger partial charge in [0.1, 0.15) is 0 Å². The predicted octanol–water partition coefficient (Wildman–Crippen LogP) is 2.99. The quantitative estimate of drug-likeness (QED) is 0.691. The Labute approximate surface area is 97.6 Å². The minimum absolute atomic E-state index is 0.0637. The molecule has 1 atom stereocenters. The van der Waals surface area contributed by atoms with Gasteiger partial charge in [-0.2, -0.15) is 4.98 Å². The zero-order chi connectivity index (χ0) is 11.8. The van der Waals surface area contributed by atoms with Crippen molar-refractivity contribution in [3.05, 3.63) is 11.7 Å². The smallest absolute Gasteiger partial charge is 0.226 e. The van der Waals surface area contributed by atoms with Crippen molar-refractivity contribution < 1.29 is 4.52 Å². The molecule has 0 spiro atoms. The van der Waals surface area contributed by atoms with Crippen molar-refractivity contribution in [3.63, 3.8) is 0 Å². The molecular weight excluding hydrogens is 202 g/mol. The molecule has 0 saturated heterocycles. The zero-order valence-corrected chi connectivity index (χ0v) is 10.4. The molecule has 1 heterocycles. The second kappa shape index (κ2) is 7.39. The van der Waals surface area contributed by atoms with Crippen molar-refractivity contribution in [2.75, 3.05) is 0 Å². The van der Waals surface area contributed by atoms with Gasteiger partial charge in [-0.1, -0.05) is 44.7 Å². The summed E-state index contributed by atoms with van der Waals surface area (Å²) in [6, 6.07) is -0.0637. The Hall–Kier alpha value is -0.900. The average Bonchev–Trinajstić information content (AvgIpc) is 2.73. The Bertz CT molecular complexity index is 286. The Kier molecular flexibility index (Phi) is 6.08. The van der Waals surface area contributed by atoms with E-state index < -0.39 is 0 Å². The largest absolute Gasteiger partial charge is 0.339 e. The fourth-order valence-electron chi connectivity index (χ4n) is 1.65. The molecule has 1 aromatic heterocycles. The molecule has 1 aromatic rings. The van der Waals surface area contributed by atoms with E-state index in [0.29, 0.717) is 11.7 Å². The molecule has 92 valence electrons. The minimum atomic E-state index is -0.0637. The highest BCUT2D eigenvalue weighted by Crippen LogP contribution is 2.15. The molecule has 0 aromatic carbocycles. The van der Waals surface area contributed by atoms with Gasteiger partial charge in [0, 0.05) is 6.42 Å². The van der Waals surface area contributed by atoms with Crippen molar-refractivity contribution >= 4 is 0 Å². The fourth-order valence-corrected chi connectivity index (χ4v) is 1.65. The van der Waals surface area contributed by atoms with E-state index in [1.165, 1.54) is 19.3 Å². The predicted molar refractivity (Wildman–Crippen MR) is 64.0 cm³/mol. The van der Waals surface area contributed by atoms with Gasteiger partial charge in [0.2, 0.25) is 5.89 Å². The minimum Gasteiger partial charge on any atom is -0.339 e. The third kappa shape index (κ3) is 4.31. The third-order valence-corrected chi connectivity index (χ3v) is 2.65. The molecule has 1 unspecified atom stereocenters. The zero-order valence-electron chi connectivity index (χ0n) is 10.4. The van der Waals surface area contributed by atoms with Gasteiger partial charge in [-0.3, -0.25) is 0 Å². The molecule has 4 heteroatoms. The maximum Gasteiger partial charge on any atom is 0.226 e. The van der Waals surface area contributed by atoms with Gasteiger partial charge in [-0.15, -0.1) is 0 Å². The van der Waals surface area contributed by atoms with Crippen LogP contribution in [-0.2, 0) is 6.42 Å². The number of rotatable bonds is 8. The third-order valence-electron chi connectivity index (χ3n) is 2.65. The van der Waals surface area contributed by atoms with Crippen LogP contribution < -0.4 is 5.73 Å². The fraction of sp³-hybridized carbons (Fsp3) is 0.833. The molecule has 0 fully saturated rings. The molecule has 2 N–H and O–H groups in total. The first-order valence-electron chi connectivity index (χ1n) is 6.36. The summed E-state index contributed by atoms with van der Waals surface area (Å²) in [7, 11) is 0. The molecule has 0 amide bonds. The number of aryl methyl sites for hydroxylation is 1. The molecule has 16 heavy (non-hydrogen) atoms. The highest BCUT2D eigenvalue weighted by Gasteiger charge is 2.13. The van der Waals surface area contributed by atoms with Crippen LogP contribution in [0.1, 0.15) is 70.1 Å². The lowest BCUT2D eigenvalue weighted by Crippen LogP contribution is -2.12. The van der Waals surface area contributed by atoms with Crippen LogP contribution in [0.2, 0.25) is 0 Å². The lowest BCUT2D eigenvalue weighted by molar-refractivity contribution is 0.367. The number of nitrogens with two attached hydrogens (primary N) is 1. The lowest BCUT2D eigenvalue weighted by Gasteiger charge is -2.05. The molecule has 0 aliphatic carbocycles. The first kappa shape index (κ1) is 13.2. The normalized spacial score (nSPS) is 12.9. The van der Waals surface area contributed by atoms with E-state index >= 15 is 0 Å². The molecule has 0 radical (unpaired) electrons. The highest BCUT2D eigenvalue weighted by molar-refractivity contribution is 4.92. The van der Waals surface area contributed by atoms with E-state index in [2.05, 4.69) is 24.0 Å². The first-order chi connectivity index (χ1) is 7.77. The summed E-state index contributed by atoms with van der Waals surface area (Å²) in [5, 5.41) is 3.92. The van der Waals surface area contributed by atoms with Crippen molar-refractivity contribution in [1.82, 2.24) is 10.1 Å². The highest BCUT2D eigenvalue weighted by atomic mass is 16.5. The maximum absolute atomic E-state index is 6.00. The summed E-state index contributed by atoms with van der Waals surface area (Å²) >= 11 is 0. The van der Waals surface area contributed by atoms with E-state index in [1.54, 1.807) is 0 Å². The first-order valence-corrected chi connectivity index (χ1v) is 6.36. The van der Waals surface area contributed by atoms with Gasteiger partial charge in [0.05, 0.1) is 6.04 Å². The number of unbranched alkanes of at least 4 members (excludes halogenated alkanes) is 3. The summed E-state index contributed by atoms with van der Waals surface area (Å²) in [4.78, 5) is 4.30. The van der Waals surface area contributed by atoms with Gasteiger partial charge >= 0.3 is 0 Å². The van der Waals surface area contributed by atoms with Crippen LogP contribution in [0.3, 0.4) is 0 Å². The van der Waals surface area contributed by atoms with Crippen LogP contribution in [-0.4, -0.2) is 10.1 Å². The second-order valence-electron chi connectivity index (χ2n) is 4.25. The van der Waals surface area contributed by atoms with Crippen molar-refractivity contribution in [2.24, 2.45) is 5.73 Å². The number of aromatic nitrogens is 2. The Morgan fingerprint density at radius 1 is 1.19 bits per heavy atom. The average molecular weight is 225 g/mol. The number of hydrogen-bond donors (Lipinski definition) is 1. The number of hydrogen-bond acceptors (Lipinski definition) is 4. The van der Waals surface area contributed by atoms with Crippen molar-refractivity contribution in [3.8, 4) is 0 Å². The monoisotopic (exact) mass is 225 g/mol. The van der Waals surface area contributed by atoms with Gasteiger partial charge in [0.25, 0.3) is 0 Å². The van der Waals surface area contributed by atoms with Crippen LogP contribution in [0, 0.1) is 0 Å². The molecule has 4 nitrogen and oxygen atoms in total. The standard InChI is InChI=1S/C12H23N3O/c1-3-5-6-7-9-10(13)12-14-11(8-4-2)16-15-12/h10H,3-9,13H2,1-2H3. The van der Waals surface area contributed by atoms with Crippen LogP contribution in [0.25, 0.3) is 0 Å². The van der Waals surface area contributed by atoms with Gasteiger partial charge in [0.15, 0.2) is 5.82 Å². The molecule has 0 bridgehead atoms. The van der Waals surface area contributed by atoms with Gasteiger partial charge in [-0.05, 0) is 12.8 Å². The molecule has 0 saturated carbocycles. The summed E-state index contributed by atoms with van der Waals surface area (Å²) in [6.45, 7) is 4.30. The van der Waals surface area contributed by atoms with Gasteiger partial charge < -0.3 is 10.3 Å². The lowest BCUT2D eigenvalue weighted by atomic mass is 10.1. The van der Waals surface area contributed by atoms with E-state index in [4.69, 9.17) is 10.3 Å². The molecule has 1 rings (SSSR count). The van der Waals surface area contributed by atoms with Crippen LogP contribution >= 0.6 is 0 Å². The topological polar surface area (TPSA) is 64.9 Å². The SMILES string of the molecule is CCCCCCC(N)c1noc(CCC)n1. The second-order valence-corrected chi connectivity index (χ2v) is 4.25. The molecule has 0 aliphatic rings. The van der Waals surface area contributed by atoms with Crippen LogP contribution in [0.5, 0.6) is 0 Å². The van der Waals surface area contributed by atoms with E-state index in [-0.39, 0.29) is 6.04 Å². The van der Waals surface area contributed by atoms with Crippen LogP contribution in [0.4, 0.5) is 0 Å².